The van der Waals surface area contributed by atoms with Crippen molar-refractivity contribution in [2.24, 2.45) is 0 Å². The second-order valence-corrected chi connectivity index (χ2v) is 6.92. The van der Waals surface area contributed by atoms with Crippen molar-refractivity contribution in [3.8, 4) is 0 Å². The molecule has 0 atom stereocenters. The largest absolute Gasteiger partial charge is 0.368 e. The summed E-state index contributed by atoms with van der Waals surface area (Å²) in [6.07, 6.45) is 0. The summed E-state index contributed by atoms with van der Waals surface area (Å²) in [6.45, 7) is 3.71. The molecule has 1 aliphatic rings. The van der Waals surface area contributed by atoms with Crippen molar-refractivity contribution in [1.29, 1.82) is 0 Å². The van der Waals surface area contributed by atoms with Crippen molar-refractivity contribution in [1.82, 2.24) is 4.98 Å². The van der Waals surface area contributed by atoms with Crippen molar-refractivity contribution in [3.05, 3.63) is 39.3 Å². The monoisotopic (exact) mass is 361 g/mol. The van der Waals surface area contributed by atoms with Gasteiger partial charge in [-0.2, -0.15) is 0 Å². The van der Waals surface area contributed by atoms with Crippen LogP contribution < -0.4 is 9.80 Å². The number of thiazole rings is 1. The molecule has 0 N–H and O–H groups in total. The molecule has 0 unspecified atom stereocenters. The summed E-state index contributed by atoms with van der Waals surface area (Å²) in [7, 11) is 0. The van der Waals surface area contributed by atoms with Crippen LogP contribution in [0.25, 0.3) is 0 Å². The van der Waals surface area contributed by atoms with Crippen LogP contribution >= 0.6 is 46.1 Å². The maximum absolute atomic E-state index is 6.07. The summed E-state index contributed by atoms with van der Waals surface area (Å²) < 4.78 is 0. The summed E-state index contributed by atoms with van der Waals surface area (Å²) in [6, 6.07) is 7.97. The Labute approximate surface area is 143 Å². The van der Waals surface area contributed by atoms with Crippen molar-refractivity contribution in [2.75, 3.05) is 36.0 Å². The highest BCUT2D eigenvalue weighted by atomic mass is 35.5. The Bertz CT molecular complexity index is 624. The number of rotatable bonds is 3. The standard InChI is InChI=1S/C14H14Cl3N3S/c15-9-12-13(17)18-14(21-12)20-6-4-19(5-7-20)11-3-1-2-10(16)8-11/h1-3,8H,4-7,9H2. The van der Waals surface area contributed by atoms with Crippen LogP contribution in [0.1, 0.15) is 4.88 Å². The molecule has 0 radical (unpaired) electrons. The first kappa shape index (κ1) is 15.2. The number of halogens is 3. The maximum Gasteiger partial charge on any atom is 0.187 e. The Balaban J connectivity index is 1.67. The lowest BCUT2D eigenvalue weighted by atomic mass is 10.2. The van der Waals surface area contributed by atoms with Gasteiger partial charge >= 0.3 is 0 Å². The highest BCUT2D eigenvalue weighted by Crippen LogP contribution is 2.32. The Hall–Kier alpha value is -0.680. The first-order valence-electron chi connectivity index (χ1n) is 6.64. The quantitative estimate of drug-likeness (QED) is 0.749. The molecule has 1 aromatic carbocycles. The molecule has 0 aliphatic carbocycles. The minimum atomic E-state index is 0.416. The minimum absolute atomic E-state index is 0.416. The van der Waals surface area contributed by atoms with Crippen LogP contribution in [-0.2, 0) is 5.88 Å². The summed E-state index contributed by atoms with van der Waals surface area (Å²) in [4.78, 5) is 9.93. The molecule has 112 valence electrons. The smallest absolute Gasteiger partial charge is 0.187 e. The van der Waals surface area contributed by atoms with E-state index in [1.807, 2.05) is 18.2 Å². The van der Waals surface area contributed by atoms with Gasteiger partial charge in [-0.05, 0) is 18.2 Å². The minimum Gasteiger partial charge on any atom is -0.368 e. The van der Waals surface area contributed by atoms with Crippen molar-refractivity contribution >= 4 is 57.0 Å². The second kappa shape index (κ2) is 6.61. The molecule has 1 aliphatic heterocycles. The average molecular weight is 363 g/mol. The number of aromatic nitrogens is 1. The Morgan fingerprint density at radius 1 is 1.10 bits per heavy atom. The lowest BCUT2D eigenvalue weighted by Crippen LogP contribution is -2.46. The van der Waals surface area contributed by atoms with Gasteiger partial charge in [-0.15, -0.1) is 11.6 Å². The molecule has 0 saturated carbocycles. The van der Waals surface area contributed by atoms with E-state index >= 15 is 0 Å². The predicted octanol–water partition coefficient (Wildman–Crippen LogP) is 4.52. The Kier molecular flexibility index (Phi) is 4.79. The molecule has 1 saturated heterocycles. The number of piperazine rings is 1. The van der Waals surface area contributed by atoms with E-state index in [1.54, 1.807) is 11.3 Å². The third-order valence-corrected chi connectivity index (χ3v) is 5.68. The Morgan fingerprint density at radius 2 is 1.81 bits per heavy atom. The van der Waals surface area contributed by atoms with Gasteiger partial charge < -0.3 is 9.80 Å². The highest BCUT2D eigenvalue weighted by molar-refractivity contribution is 7.16. The summed E-state index contributed by atoms with van der Waals surface area (Å²) in [5.41, 5.74) is 1.17. The molecular weight excluding hydrogens is 349 g/mol. The molecule has 1 aromatic heterocycles. The average Bonchev–Trinajstić information content (AvgIpc) is 2.88. The lowest BCUT2D eigenvalue weighted by Gasteiger charge is -2.36. The molecule has 7 heteroatoms. The van der Waals surface area contributed by atoms with Crippen molar-refractivity contribution < 1.29 is 0 Å². The van der Waals surface area contributed by atoms with Gasteiger partial charge in [0.1, 0.15) is 5.15 Å². The van der Waals surface area contributed by atoms with Gasteiger partial charge in [-0.3, -0.25) is 0 Å². The first-order chi connectivity index (χ1) is 10.2. The summed E-state index contributed by atoms with van der Waals surface area (Å²) in [5, 5.41) is 2.26. The molecule has 3 rings (SSSR count). The number of nitrogens with zero attached hydrogens (tertiary/aromatic N) is 3. The number of hydrogen-bond acceptors (Lipinski definition) is 4. The molecule has 1 fully saturated rings. The van der Waals surface area contributed by atoms with Gasteiger partial charge in [-0.25, -0.2) is 4.98 Å². The lowest BCUT2D eigenvalue weighted by molar-refractivity contribution is 0.652. The van der Waals surface area contributed by atoms with Gasteiger partial charge in [0.05, 0.1) is 10.8 Å². The fraction of sp³-hybridized carbons (Fsp3) is 0.357. The van der Waals surface area contributed by atoms with Crippen LogP contribution in [0.3, 0.4) is 0 Å². The molecular formula is C14H14Cl3N3S. The van der Waals surface area contributed by atoms with Crippen molar-refractivity contribution in [3.63, 3.8) is 0 Å². The van der Waals surface area contributed by atoms with E-state index < -0.39 is 0 Å². The number of benzene rings is 1. The predicted molar refractivity (Wildman–Crippen MR) is 92.6 cm³/mol. The zero-order valence-corrected chi connectivity index (χ0v) is 14.3. The van der Waals surface area contributed by atoms with Gasteiger partial charge in [0.2, 0.25) is 0 Å². The van der Waals surface area contributed by atoms with Crippen LogP contribution in [0.4, 0.5) is 10.8 Å². The molecule has 0 spiro atoms. The van der Waals surface area contributed by atoms with Crippen molar-refractivity contribution in [2.45, 2.75) is 5.88 Å². The summed E-state index contributed by atoms with van der Waals surface area (Å²) >= 11 is 19.5. The fourth-order valence-corrected chi connectivity index (χ4v) is 4.08. The van der Waals surface area contributed by atoms with Crippen LogP contribution in [0.5, 0.6) is 0 Å². The maximum atomic E-state index is 6.07. The topological polar surface area (TPSA) is 19.4 Å². The fourth-order valence-electron chi connectivity index (χ4n) is 2.37. The number of hydrogen-bond donors (Lipinski definition) is 0. The third kappa shape index (κ3) is 3.39. The zero-order chi connectivity index (χ0) is 14.8. The van der Waals surface area contributed by atoms with Gasteiger partial charge in [0, 0.05) is 36.9 Å². The molecule has 3 nitrogen and oxygen atoms in total. The van der Waals surface area contributed by atoms with Crippen LogP contribution in [0.15, 0.2) is 24.3 Å². The SMILES string of the molecule is ClCc1sc(N2CCN(c3cccc(Cl)c3)CC2)nc1Cl. The van der Waals surface area contributed by atoms with E-state index in [4.69, 9.17) is 34.8 Å². The number of anilines is 2. The zero-order valence-electron chi connectivity index (χ0n) is 11.2. The van der Waals surface area contributed by atoms with E-state index in [-0.39, 0.29) is 0 Å². The molecule has 2 aromatic rings. The van der Waals surface area contributed by atoms with E-state index in [0.29, 0.717) is 11.0 Å². The highest BCUT2D eigenvalue weighted by Gasteiger charge is 2.21. The molecule has 0 amide bonds. The second-order valence-electron chi connectivity index (χ2n) is 4.80. The van der Waals surface area contributed by atoms with Gasteiger partial charge in [-0.1, -0.05) is 40.6 Å². The molecule has 21 heavy (non-hydrogen) atoms. The van der Waals surface area contributed by atoms with E-state index in [2.05, 4.69) is 20.9 Å². The van der Waals surface area contributed by atoms with Gasteiger partial charge in [0.15, 0.2) is 5.13 Å². The van der Waals surface area contributed by atoms with Crippen LogP contribution in [0, 0.1) is 0 Å². The van der Waals surface area contributed by atoms with E-state index in [9.17, 15) is 0 Å². The van der Waals surface area contributed by atoms with E-state index in [0.717, 1.165) is 41.2 Å². The Morgan fingerprint density at radius 3 is 2.43 bits per heavy atom. The van der Waals surface area contributed by atoms with E-state index in [1.165, 1.54) is 5.69 Å². The molecule has 2 heterocycles. The number of alkyl halides is 1. The van der Waals surface area contributed by atoms with Gasteiger partial charge in [0.25, 0.3) is 0 Å². The third-order valence-electron chi connectivity index (χ3n) is 3.48. The normalized spacial score (nSPS) is 15.6. The molecule has 0 bridgehead atoms. The first-order valence-corrected chi connectivity index (χ1v) is 8.74. The summed E-state index contributed by atoms with van der Waals surface area (Å²) in [5.74, 6) is 0.416. The van der Waals surface area contributed by atoms with Crippen LogP contribution in [0.2, 0.25) is 10.2 Å². The van der Waals surface area contributed by atoms with Crippen LogP contribution in [-0.4, -0.2) is 31.2 Å².